The fourth-order valence-corrected chi connectivity index (χ4v) is 2.00. The lowest BCUT2D eigenvalue weighted by Gasteiger charge is -2.25. The van der Waals surface area contributed by atoms with Crippen LogP contribution in [-0.2, 0) is 4.79 Å². The van der Waals surface area contributed by atoms with Gasteiger partial charge < -0.3 is 16.2 Å². The Morgan fingerprint density at radius 1 is 1.40 bits per heavy atom. The fraction of sp³-hybridized carbons (Fsp3) is 0.533. The van der Waals surface area contributed by atoms with Crippen molar-refractivity contribution in [3.8, 4) is 0 Å². The summed E-state index contributed by atoms with van der Waals surface area (Å²) in [6.45, 7) is 7.31. The Kier molecular flexibility index (Phi) is 6.48. The van der Waals surface area contributed by atoms with Crippen molar-refractivity contribution in [3.05, 3.63) is 23.8 Å². The van der Waals surface area contributed by atoms with Crippen LogP contribution in [0.15, 0.2) is 18.2 Å². The lowest BCUT2D eigenvalue weighted by molar-refractivity contribution is -0.116. The van der Waals surface area contributed by atoms with Gasteiger partial charge in [0.05, 0.1) is 6.61 Å². The van der Waals surface area contributed by atoms with Crippen LogP contribution in [0.2, 0.25) is 0 Å². The van der Waals surface area contributed by atoms with Crippen molar-refractivity contribution in [2.24, 2.45) is 0 Å². The summed E-state index contributed by atoms with van der Waals surface area (Å²) in [4.78, 5) is 14.0. The SMILES string of the molecule is Cc1c(N)cccc1NC(=O)CCN(CCO)C(C)C. The standard InChI is InChI=1S/C15H25N3O2/c1-11(2)18(9-10-19)8-7-15(20)17-14-6-4-5-13(16)12(14)3/h4-6,11,19H,7-10,16H2,1-3H3,(H,17,20). The van der Waals surface area contributed by atoms with E-state index in [9.17, 15) is 4.79 Å². The summed E-state index contributed by atoms with van der Waals surface area (Å²) >= 11 is 0. The molecule has 0 fully saturated rings. The van der Waals surface area contributed by atoms with Crippen LogP contribution in [0.3, 0.4) is 0 Å². The third-order valence-corrected chi connectivity index (χ3v) is 3.39. The largest absolute Gasteiger partial charge is 0.398 e. The Morgan fingerprint density at radius 2 is 2.10 bits per heavy atom. The van der Waals surface area contributed by atoms with Crippen molar-refractivity contribution in [1.29, 1.82) is 0 Å². The molecule has 4 N–H and O–H groups in total. The average molecular weight is 279 g/mol. The van der Waals surface area contributed by atoms with Crippen LogP contribution in [0.4, 0.5) is 11.4 Å². The maximum atomic E-state index is 12.0. The summed E-state index contributed by atoms with van der Waals surface area (Å²) in [5, 5.41) is 11.9. The van der Waals surface area contributed by atoms with Gasteiger partial charge in [-0.15, -0.1) is 0 Å². The van der Waals surface area contributed by atoms with Crippen LogP contribution in [-0.4, -0.2) is 41.7 Å². The summed E-state index contributed by atoms with van der Waals surface area (Å²) < 4.78 is 0. The number of anilines is 2. The number of nitrogen functional groups attached to an aromatic ring is 1. The number of rotatable bonds is 7. The molecule has 0 aliphatic rings. The van der Waals surface area contributed by atoms with Gasteiger partial charge in [-0.05, 0) is 38.5 Å². The zero-order valence-corrected chi connectivity index (χ0v) is 12.5. The summed E-state index contributed by atoms with van der Waals surface area (Å²) in [5.74, 6) is -0.0395. The monoisotopic (exact) mass is 279 g/mol. The van der Waals surface area contributed by atoms with E-state index in [1.165, 1.54) is 0 Å². The Hall–Kier alpha value is -1.59. The molecule has 0 aliphatic carbocycles. The van der Waals surface area contributed by atoms with Crippen molar-refractivity contribution in [2.75, 3.05) is 30.7 Å². The minimum Gasteiger partial charge on any atom is -0.398 e. The minimum absolute atomic E-state index is 0.0395. The Bertz CT molecular complexity index is 447. The van der Waals surface area contributed by atoms with E-state index in [1.54, 1.807) is 0 Å². The van der Waals surface area contributed by atoms with Gasteiger partial charge in [0.1, 0.15) is 0 Å². The van der Waals surface area contributed by atoms with Gasteiger partial charge in [-0.3, -0.25) is 9.69 Å². The fourth-order valence-electron chi connectivity index (χ4n) is 2.00. The van der Waals surface area contributed by atoms with E-state index < -0.39 is 0 Å². The molecule has 0 heterocycles. The molecule has 0 bridgehead atoms. The number of benzene rings is 1. The number of hydrogen-bond donors (Lipinski definition) is 3. The second kappa shape index (κ2) is 7.87. The molecule has 1 aromatic carbocycles. The molecule has 0 spiro atoms. The van der Waals surface area contributed by atoms with Crippen LogP contribution < -0.4 is 11.1 Å². The van der Waals surface area contributed by atoms with E-state index in [1.807, 2.05) is 25.1 Å². The van der Waals surface area contributed by atoms with Crippen molar-refractivity contribution >= 4 is 17.3 Å². The van der Waals surface area contributed by atoms with Gasteiger partial charge in [0, 0.05) is 36.9 Å². The number of carbonyl (C=O) groups is 1. The summed E-state index contributed by atoms with van der Waals surface area (Å²) in [7, 11) is 0. The molecule has 5 heteroatoms. The van der Waals surface area contributed by atoms with Crippen molar-refractivity contribution in [1.82, 2.24) is 4.90 Å². The summed E-state index contributed by atoms with van der Waals surface area (Å²) in [6.07, 6.45) is 0.395. The molecule has 0 radical (unpaired) electrons. The number of carbonyl (C=O) groups excluding carboxylic acids is 1. The number of hydrogen-bond acceptors (Lipinski definition) is 4. The van der Waals surface area contributed by atoms with Crippen LogP contribution >= 0.6 is 0 Å². The van der Waals surface area contributed by atoms with Gasteiger partial charge in [0.2, 0.25) is 5.91 Å². The Morgan fingerprint density at radius 3 is 2.70 bits per heavy atom. The first kappa shape index (κ1) is 16.5. The minimum atomic E-state index is -0.0395. The van der Waals surface area contributed by atoms with Crippen LogP contribution in [0.5, 0.6) is 0 Å². The number of nitrogens with zero attached hydrogens (tertiary/aromatic N) is 1. The highest BCUT2D eigenvalue weighted by Crippen LogP contribution is 2.20. The highest BCUT2D eigenvalue weighted by molar-refractivity contribution is 5.92. The van der Waals surface area contributed by atoms with E-state index in [0.29, 0.717) is 31.2 Å². The molecular weight excluding hydrogens is 254 g/mol. The molecule has 0 saturated heterocycles. The molecule has 0 saturated carbocycles. The van der Waals surface area contributed by atoms with E-state index in [-0.39, 0.29) is 12.5 Å². The maximum absolute atomic E-state index is 12.0. The van der Waals surface area contributed by atoms with Crippen LogP contribution in [0.1, 0.15) is 25.8 Å². The molecule has 1 aromatic rings. The number of aliphatic hydroxyl groups excluding tert-OH is 1. The number of nitrogens with two attached hydrogens (primary N) is 1. The quantitative estimate of drug-likeness (QED) is 0.663. The van der Waals surface area contributed by atoms with Crippen molar-refractivity contribution < 1.29 is 9.90 Å². The van der Waals surface area contributed by atoms with Gasteiger partial charge in [-0.1, -0.05) is 6.07 Å². The molecule has 5 nitrogen and oxygen atoms in total. The van der Waals surface area contributed by atoms with Crippen LogP contribution in [0.25, 0.3) is 0 Å². The zero-order valence-electron chi connectivity index (χ0n) is 12.5. The van der Waals surface area contributed by atoms with Crippen molar-refractivity contribution in [3.63, 3.8) is 0 Å². The Balaban J connectivity index is 2.53. The van der Waals surface area contributed by atoms with E-state index >= 15 is 0 Å². The first-order chi connectivity index (χ1) is 9.45. The van der Waals surface area contributed by atoms with E-state index in [4.69, 9.17) is 10.8 Å². The number of amides is 1. The van der Waals surface area contributed by atoms with Gasteiger partial charge in [-0.2, -0.15) is 0 Å². The molecule has 1 rings (SSSR count). The highest BCUT2D eigenvalue weighted by atomic mass is 16.3. The Labute approximate surface area is 120 Å². The number of nitrogens with one attached hydrogen (secondary N) is 1. The summed E-state index contributed by atoms with van der Waals surface area (Å²) in [5.41, 5.74) is 8.13. The molecule has 0 unspecified atom stereocenters. The van der Waals surface area contributed by atoms with Gasteiger partial charge >= 0.3 is 0 Å². The van der Waals surface area contributed by atoms with Gasteiger partial charge in [0.25, 0.3) is 0 Å². The first-order valence-corrected chi connectivity index (χ1v) is 6.95. The van der Waals surface area contributed by atoms with E-state index in [2.05, 4.69) is 24.1 Å². The lowest BCUT2D eigenvalue weighted by Crippen LogP contribution is -2.36. The zero-order chi connectivity index (χ0) is 15.1. The van der Waals surface area contributed by atoms with E-state index in [0.717, 1.165) is 11.3 Å². The maximum Gasteiger partial charge on any atom is 0.225 e. The van der Waals surface area contributed by atoms with Gasteiger partial charge in [0.15, 0.2) is 0 Å². The first-order valence-electron chi connectivity index (χ1n) is 6.95. The molecule has 20 heavy (non-hydrogen) atoms. The predicted molar refractivity (Wildman–Crippen MR) is 82.6 cm³/mol. The van der Waals surface area contributed by atoms with Crippen molar-refractivity contribution in [2.45, 2.75) is 33.2 Å². The molecule has 112 valence electrons. The topological polar surface area (TPSA) is 78.6 Å². The highest BCUT2D eigenvalue weighted by Gasteiger charge is 2.12. The molecular formula is C15H25N3O2. The molecule has 0 atom stereocenters. The average Bonchev–Trinajstić information content (AvgIpc) is 2.39. The van der Waals surface area contributed by atoms with Gasteiger partial charge in [-0.25, -0.2) is 0 Å². The molecule has 0 aliphatic heterocycles. The third kappa shape index (κ3) is 4.83. The third-order valence-electron chi connectivity index (χ3n) is 3.39. The number of aliphatic hydroxyl groups is 1. The summed E-state index contributed by atoms with van der Waals surface area (Å²) in [6, 6.07) is 5.79. The lowest BCUT2D eigenvalue weighted by atomic mass is 10.1. The second-order valence-electron chi connectivity index (χ2n) is 5.17. The molecule has 0 aromatic heterocycles. The smallest absolute Gasteiger partial charge is 0.225 e. The predicted octanol–water partition coefficient (Wildman–Crippen LogP) is 1.61. The van der Waals surface area contributed by atoms with Crippen LogP contribution in [0, 0.1) is 6.92 Å². The normalized spacial score (nSPS) is 11.1. The molecule has 1 amide bonds. The second-order valence-corrected chi connectivity index (χ2v) is 5.17.